The summed E-state index contributed by atoms with van der Waals surface area (Å²) in [6.45, 7) is 0.245. The number of hydrogen-bond acceptors (Lipinski definition) is 6. The quantitative estimate of drug-likeness (QED) is 0.900. The van der Waals surface area contributed by atoms with Crippen LogP contribution in [0.4, 0.5) is 0 Å². The van der Waals surface area contributed by atoms with Crippen molar-refractivity contribution in [1.29, 1.82) is 5.26 Å². The van der Waals surface area contributed by atoms with Crippen molar-refractivity contribution >= 4 is 29.0 Å². The molecule has 0 aromatic carbocycles. The standard InChI is InChI=1S/C13H15N3O2S2/c1-16-4-6-20-13(16,9-18-2)12(17)15-11(7-14)10-3-5-19-8-10/h3-6,8,11H,9H2,1-2H3,(H,15,17). The van der Waals surface area contributed by atoms with E-state index in [4.69, 9.17) is 4.74 Å². The predicted octanol–water partition coefficient (Wildman–Crippen LogP) is 1.92. The fourth-order valence-electron chi connectivity index (χ4n) is 1.92. The van der Waals surface area contributed by atoms with E-state index in [2.05, 4.69) is 11.4 Å². The normalized spacial score (nSPS) is 22.6. The van der Waals surface area contributed by atoms with Gasteiger partial charge in [0.05, 0.1) is 12.7 Å². The topological polar surface area (TPSA) is 65.4 Å². The smallest absolute Gasteiger partial charge is 0.260 e. The number of nitrogens with zero attached hydrogens (tertiary/aromatic N) is 2. The van der Waals surface area contributed by atoms with E-state index in [-0.39, 0.29) is 12.5 Å². The second-order valence-corrected chi connectivity index (χ2v) is 6.29. The lowest BCUT2D eigenvalue weighted by molar-refractivity contribution is -0.129. The predicted molar refractivity (Wildman–Crippen MR) is 79.9 cm³/mol. The first-order chi connectivity index (χ1) is 9.64. The number of methoxy groups -OCH3 is 1. The van der Waals surface area contributed by atoms with Crippen molar-refractivity contribution in [2.45, 2.75) is 10.9 Å². The summed E-state index contributed by atoms with van der Waals surface area (Å²) in [7, 11) is 3.38. The maximum atomic E-state index is 12.6. The monoisotopic (exact) mass is 309 g/mol. The summed E-state index contributed by atoms with van der Waals surface area (Å²) >= 11 is 2.88. The van der Waals surface area contributed by atoms with Crippen LogP contribution >= 0.6 is 23.1 Å². The third kappa shape index (κ3) is 2.68. The molecule has 2 unspecified atom stereocenters. The molecular weight excluding hydrogens is 294 g/mol. The lowest BCUT2D eigenvalue weighted by Crippen LogP contribution is -2.55. The first-order valence-electron chi connectivity index (χ1n) is 5.93. The Morgan fingerprint density at radius 2 is 2.50 bits per heavy atom. The van der Waals surface area contributed by atoms with Crippen LogP contribution in [0.5, 0.6) is 0 Å². The highest BCUT2D eigenvalue weighted by atomic mass is 32.2. The van der Waals surface area contributed by atoms with Crippen LogP contribution in [0.1, 0.15) is 11.6 Å². The Balaban J connectivity index is 2.15. The molecule has 20 heavy (non-hydrogen) atoms. The third-order valence-corrected chi connectivity index (χ3v) is 5.03. The molecule has 0 bridgehead atoms. The molecule has 1 amide bonds. The van der Waals surface area contributed by atoms with Crippen molar-refractivity contribution < 1.29 is 9.53 Å². The molecule has 0 spiro atoms. The Hall–Kier alpha value is -1.49. The van der Waals surface area contributed by atoms with E-state index in [1.165, 1.54) is 23.1 Å². The van der Waals surface area contributed by atoms with Gasteiger partial charge in [0.1, 0.15) is 6.04 Å². The van der Waals surface area contributed by atoms with E-state index in [0.29, 0.717) is 0 Å². The number of thiophene rings is 1. The van der Waals surface area contributed by atoms with Crippen molar-refractivity contribution in [1.82, 2.24) is 10.2 Å². The van der Waals surface area contributed by atoms with Gasteiger partial charge in [0.15, 0.2) is 4.87 Å². The Labute approximate surface area is 126 Å². The Bertz CT molecular complexity index is 538. The summed E-state index contributed by atoms with van der Waals surface area (Å²) in [6.07, 6.45) is 1.83. The molecule has 2 atom stereocenters. The lowest BCUT2D eigenvalue weighted by atomic mass is 10.1. The van der Waals surface area contributed by atoms with Crippen LogP contribution in [-0.2, 0) is 9.53 Å². The van der Waals surface area contributed by atoms with Gasteiger partial charge < -0.3 is 15.0 Å². The molecule has 5 nitrogen and oxygen atoms in total. The van der Waals surface area contributed by atoms with Crippen LogP contribution < -0.4 is 5.32 Å². The number of nitriles is 1. The van der Waals surface area contributed by atoms with Gasteiger partial charge in [-0.25, -0.2) is 0 Å². The second kappa shape index (κ2) is 6.31. The minimum absolute atomic E-state index is 0.227. The largest absolute Gasteiger partial charge is 0.381 e. The SMILES string of the molecule is COCC1(C(=O)NC(C#N)c2ccsc2)SC=CN1C. The molecule has 2 heterocycles. The molecule has 2 rings (SSSR count). The summed E-state index contributed by atoms with van der Waals surface area (Å²) in [5, 5.41) is 17.6. The molecule has 1 aliphatic rings. The molecule has 0 aliphatic carbocycles. The number of likely N-dealkylation sites (N-methyl/N-ethyl adjacent to an activating group) is 1. The van der Waals surface area contributed by atoms with E-state index in [9.17, 15) is 10.1 Å². The van der Waals surface area contributed by atoms with Crippen molar-refractivity contribution in [2.24, 2.45) is 0 Å². The first kappa shape index (κ1) is 14.9. The van der Waals surface area contributed by atoms with E-state index < -0.39 is 10.9 Å². The fraction of sp³-hybridized carbons (Fsp3) is 0.385. The molecule has 0 radical (unpaired) electrons. The van der Waals surface area contributed by atoms with Gasteiger partial charge in [-0.1, -0.05) is 11.8 Å². The Kier molecular flexibility index (Phi) is 4.70. The van der Waals surface area contributed by atoms with E-state index in [1.54, 1.807) is 12.0 Å². The maximum Gasteiger partial charge on any atom is 0.260 e. The average molecular weight is 309 g/mol. The number of rotatable bonds is 5. The molecule has 0 fully saturated rings. The van der Waals surface area contributed by atoms with Crippen LogP contribution in [0.2, 0.25) is 0 Å². The highest BCUT2D eigenvalue weighted by Gasteiger charge is 2.45. The van der Waals surface area contributed by atoms with Gasteiger partial charge in [0.25, 0.3) is 5.91 Å². The summed E-state index contributed by atoms with van der Waals surface area (Å²) in [6, 6.07) is 3.32. The molecule has 0 saturated carbocycles. The number of ether oxygens (including phenoxy) is 1. The molecule has 0 saturated heterocycles. The zero-order valence-corrected chi connectivity index (χ0v) is 12.8. The summed E-state index contributed by atoms with van der Waals surface area (Å²) < 4.78 is 5.18. The number of thioether (sulfide) groups is 1. The van der Waals surface area contributed by atoms with E-state index in [0.717, 1.165) is 5.56 Å². The van der Waals surface area contributed by atoms with Gasteiger partial charge in [-0.05, 0) is 27.8 Å². The number of nitrogens with one attached hydrogen (secondary N) is 1. The molecule has 1 aromatic rings. The minimum atomic E-state index is -0.847. The van der Waals surface area contributed by atoms with Crippen LogP contribution in [-0.4, -0.2) is 36.4 Å². The van der Waals surface area contributed by atoms with Crippen molar-refractivity contribution in [3.05, 3.63) is 34.0 Å². The van der Waals surface area contributed by atoms with Gasteiger partial charge in [0.2, 0.25) is 0 Å². The average Bonchev–Trinajstić information content (AvgIpc) is 3.07. The molecule has 7 heteroatoms. The first-order valence-corrected chi connectivity index (χ1v) is 7.75. The minimum Gasteiger partial charge on any atom is -0.381 e. The molecule has 1 aliphatic heterocycles. The lowest BCUT2D eigenvalue weighted by Gasteiger charge is -2.34. The molecule has 1 N–H and O–H groups in total. The Morgan fingerprint density at radius 3 is 3.00 bits per heavy atom. The highest BCUT2D eigenvalue weighted by molar-refractivity contribution is 8.04. The van der Waals surface area contributed by atoms with E-state index >= 15 is 0 Å². The molecule has 106 valence electrons. The zero-order valence-electron chi connectivity index (χ0n) is 11.2. The third-order valence-electron chi connectivity index (χ3n) is 3.09. The van der Waals surface area contributed by atoms with Crippen molar-refractivity contribution in [2.75, 3.05) is 20.8 Å². The van der Waals surface area contributed by atoms with Crippen LogP contribution in [0.3, 0.4) is 0 Å². The van der Waals surface area contributed by atoms with Crippen molar-refractivity contribution in [3.63, 3.8) is 0 Å². The van der Waals surface area contributed by atoms with Gasteiger partial charge >= 0.3 is 0 Å². The van der Waals surface area contributed by atoms with Crippen LogP contribution in [0.15, 0.2) is 28.4 Å². The van der Waals surface area contributed by atoms with Gasteiger partial charge in [-0.3, -0.25) is 4.79 Å². The summed E-state index contributed by atoms with van der Waals surface area (Å²) in [5.41, 5.74) is 0.803. The maximum absolute atomic E-state index is 12.6. The number of hydrogen-bond donors (Lipinski definition) is 1. The Morgan fingerprint density at radius 1 is 1.70 bits per heavy atom. The number of amides is 1. The number of carbonyl (C=O) groups excluding carboxylic acids is 1. The second-order valence-electron chi connectivity index (χ2n) is 4.32. The molecular formula is C13H15N3O2S2. The fourth-order valence-corrected chi connectivity index (χ4v) is 3.66. The van der Waals surface area contributed by atoms with Crippen molar-refractivity contribution in [3.8, 4) is 6.07 Å². The zero-order chi connectivity index (χ0) is 14.6. The highest BCUT2D eigenvalue weighted by Crippen LogP contribution is 2.36. The number of carbonyl (C=O) groups is 1. The van der Waals surface area contributed by atoms with E-state index in [1.807, 2.05) is 35.5 Å². The summed E-state index contributed by atoms with van der Waals surface area (Å²) in [4.78, 5) is 13.5. The molecule has 1 aromatic heterocycles. The van der Waals surface area contributed by atoms with Gasteiger partial charge in [0, 0.05) is 20.4 Å². The van der Waals surface area contributed by atoms with Gasteiger partial charge in [-0.2, -0.15) is 16.6 Å². The van der Waals surface area contributed by atoms with Gasteiger partial charge in [-0.15, -0.1) is 0 Å². The summed E-state index contributed by atoms with van der Waals surface area (Å²) in [5.74, 6) is -0.227. The van der Waals surface area contributed by atoms with Crippen LogP contribution in [0.25, 0.3) is 0 Å². The van der Waals surface area contributed by atoms with Crippen LogP contribution in [0, 0.1) is 11.3 Å².